The Balaban J connectivity index is 2.97. The van der Waals surface area contributed by atoms with Crippen LogP contribution in [0.1, 0.15) is 12.5 Å². The highest BCUT2D eigenvalue weighted by Gasteiger charge is 2.07. The average molecular weight is 177 g/mol. The average Bonchev–Trinajstić information content (AvgIpc) is 2.09. The molecule has 0 fully saturated rings. The van der Waals surface area contributed by atoms with Crippen LogP contribution in [0.15, 0.2) is 24.3 Å². The van der Waals surface area contributed by atoms with Crippen LogP contribution in [0.5, 0.6) is 0 Å². The second kappa shape index (κ2) is 4.28. The van der Waals surface area contributed by atoms with Gasteiger partial charge in [-0.15, -0.1) is 0 Å². The number of hydrogen-bond donors (Lipinski definition) is 0. The van der Waals surface area contributed by atoms with Crippen molar-refractivity contribution in [1.82, 2.24) is 5.01 Å². The van der Waals surface area contributed by atoms with Crippen LogP contribution in [0.4, 0.5) is 5.69 Å². The Morgan fingerprint density at radius 2 is 1.85 bits per heavy atom. The Labute approximate surface area is 80.7 Å². The van der Waals surface area contributed by atoms with Crippen molar-refractivity contribution in [3.63, 3.8) is 0 Å². The molecule has 1 aromatic rings. The molecule has 0 saturated carbocycles. The summed E-state index contributed by atoms with van der Waals surface area (Å²) >= 11 is 0. The van der Waals surface area contributed by atoms with Crippen LogP contribution in [0.3, 0.4) is 0 Å². The van der Waals surface area contributed by atoms with Gasteiger partial charge in [0, 0.05) is 20.6 Å². The predicted octanol–water partition coefficient (Wildman–Crippen LogP) is 2.17. The zero-order valence-corrected chi connectivity index (χ0v) is 8.62. The number of anilines is 1. The Morgan fingerprint density at radius 3 is 2.31 bits per heavy atom. The molecule has 0 unspecified atom stereocenters. The van der Waals surface area contributed by atoms with Crippen molar-refractivity contribution in [2.24, 2.45) is 0 Å². The first-order valence-electron chi connectivity index (χ1n) is 4.52. The summed E-state index contributed by atoms with van der Waals surface area (Å²) in [5.41, 5.74) is 2.24. The molecule has 0 saturated heterocycles. The van der Waals surface area contributed by atoms with E-state index >= 15 is 0 Å². The van der Waals surface area contributed by atoms with Crippen molar-refractivity contribution in [1.29, 1.82) is 0 Å². The summed E-state index contributed by atoms with van der Waals surface area (Å²) in [6.45, 7) is 7.09. The molecule has 0 atom stereocenters. The van der Waals surface area contributed by atoms with Crippen LogP contribution in [0.25, 0.3) is 0 Å². The van der Waals surface area contributed by atoms with E-state index in [1.165, 1.54) is 5.69 Å². The maximum Gasteiger partial charge on any atom is 0.0553 e. The summed E-state index contributed by atoms with van der Waals surface area (Å²) in [6, 6.07) is 8.17. The molecular formula is C11H17N2. The number of hydrogen-bond acceptors (Lipinski definition) is 2. The number of para-hydroxylation sites is 1. The van der Waals surface area contributed by atoms with Crippen LogP contribution in [0, 0.1) is 6.92 Å². The summed E-state index contributed by atoms with van der Waals surface area (Å²) in [6.07, 6.45) is 0. The zero-order chi connectivity index (χ0) is 9.84. The van der Waals surface area contributed by atoms with Crippen molar-refractivity contribution >= 4 is 5.69 Å². The van der Waals surface area contributed by atoms with Crippen molar-refractivity contribution in [2.75, 3.05) is 25.6 Å². The molecule has 0 aromatic heterocycles. The largest absolute Gasteiger partial charge is 0.306 e. The summed E-state index contributed by atoms with van der Waals surface area (Å²) in [7, 11) is 4.08. The lowest BCUT2D eigenvalue weighted by Gasteiger charge is -2.30. The van der Waals surface area contributed by atoms with Gasteiger partial charge in [-0.2, -0.15) is 0 Å². The van der Waals surface area contributed by atoms with E-state index in [9.17, 15) is 0 Å². The van der Waals surface area contributed by atoms with Gasteiger partial charge in [-0.3, -0.25) is 0 Å². The van der Waals surface area contributed by atoms with Crippen LogP contribution in [0.2, 0.25) is 0 Å². The summed E-state index contributed by atoms with van der Waals surface area (Å²) in [5, 5.41) is 4.26. The second-order valence-electron chi connectivity index (χ2n) is 3.19. The fourth-order valence-electron chi connectivity index (χ4n) is 1.43. The lowest BCUT2D eigenvalue weighted by molar-refractivity contribution is 0.376. The van der Waals surface area contributed by atoms with Crippen LogP contribution >= 0.6 is 0 Å². The van der Waals surface area contributed by atoms with Gasteiger partial charge >= 0.3 is 0 Å². The molecule has 0 N–H and O–H groups in total. The topological polar surface area (TPSA) is 6.48 Å². The van der Waals surface area contributed by atoms with E-state index in [0.29, 0.717) is 0 Å². The van der Waals surface area contributed by atoms with Crippen LogP contribution in [-0.4, -0.2) is 25.6 Å². The molecule has 0 aliphatic rings. The highest BCUT2D eigenvalue weighted by atomic mass is 15.6. The number of nitrogens with zero attached hydrogens (tertiary/aromatic N) is 2. The molecule has 13 heavy (non-hydrogen) atoms. The quantitative estimate of drug-likeness (QED) is 0.653. The van der Waals surface area contributed by atoms with Gasteiger partial charge in [0.1, 0.15) is 0 Å². The van der Waals surface area contributed by atoms with Gasteiger partial charge in [-0.1, -0.05) is 18.2 Å². The minimum absolute atomic E-state index is 0.958. The molecule has 0 heterocycles. The monoisotopic (exact) mass is 177 g/mol. The third-order valence-electron chi connectivity index (χ3n) is 2.05. The lowest BCUT2D eigenvalue weighted by atomic mass is 10.2. The van der Waals surface area contributed by atoms with Crippen molar-refractivity contribution in [2.45, 2.75) is 6.92 Å². The molecule has 1 rings (SSSR count). The highest BCUT2D eigenvalue weighted by Crippen LogP contribution is 2.19. The van der Waals surface area contributed by atoms with Crippen molar-refractivity contribution in [3.05, 3.63) is 36.8 Å². The van der Waals surface area contributed by atoms with Crippen molar-refractivity contribution < 1.29 is 0 Å². The highest BCUT2D eigenvalue weighted by molar-refractivity contribution is 5.53. The Bertz CT molecular complexity index is 269. The smallest absolute Gasteiger partial charge is 0.0553 e. The number of benzene rings is 1. The van der Waals surface area contributed by atoms with E-state index in [1.807, 2.05) is 32.3 Å². The molecular weight excluding hydrogens is 160 g/mol. The van der Waals surface area contributed by atoms with Gasteiger partial charge in [0.15, 0.2) is 0 Å². The standard InChI is InChI=1S/C11H17N2/c1-5-13(12(3)4)11-9-7-6-8-10(11)2/h6-9H,2,5H2,1,3-4H3. The molecule has 1 aromatic carbocycles. The molecule has 0 aliphatic carbocycles. The minimum Gasteiger partial charge on any atom is -0.306 e. The van der Waals surface area contributed by atoms with Crippen LogP contribution < -0.4 is 5.01 Å². The first kappa shape index (κ1) is 10.1. The fourth-order valence-corrected chi connectivity index (χ4v) is 1.43. The van der Waals surface area contributed by atoms with E-state index in [-0.39, 0.29) is 0 Å². The van der Waals surface area contributed by atoms with E-state index < -0.39 is 0 Å². The Kier molecular flexibility index (Phi) is 3.32. The SMILES string of the molecule is [CH2]c1ccccc1N(CC)N(C)C. The van der Waals surface area contributed by atoms with Gasteiger partial charge in [-0.25, -0.2) is 5.01 Å². The molecule has 0 amide bonds. The van der Waals surface area contributed by atoms with Gasteiger partial charge in [0.05, 0.1) is 5.69 Å². The molecule has 71 valence electrons. The molecule has 0 aliphatic heterocycles. The molecule has 2 nitrogen and oxygen atoms in total. The van der Waals surface area contributed by atoms with Gasteiger partial charge in [0.25, 0.3) is 0 Å². The summed E-state index contributed by atoms with van der Waals surface area (Å²) in [4.78, 5) is 0. The van der Waals surface area contributed by atoms with Gasteiger partial charge < -0.3 is 5.01 Å². The normalized spacial score (nSPS) is 10.5. The van der Waals surface area contributed by atoms with E-state index in [0.717, 1.165) is 12.1 Å². The van der Waals surface area contributed by atoms with E-state index in [1.54, 1.807) is 0 Å². The predicted molar refractivity (Wildman–Crippen MR) is 57.6 cm³/mol. The lowest BCUT2D eigenvalue weighted by Crippen LogP contribution is -2.37. The third kappa shape index (κ3) is 2.22. The van der Waals surface area contributed by atoms with Crippen molar-refractivity contribution in [3.8, 4) is 0 Å². The Hall–Kier alpha value is -1.02. The Morgan fingerprint density at radius 1 is 1.23 bits per heavy atom. The maximum atomic E-state index is 4.00. The number of hydrazine groups is 1. The maximum absolute atomic E-state index is 4.00. The third-order valence-corrected chi connectivity index (χ3v) is 2.05. The van der Waals surface area contributed by atoms with Crippen LogP contribution in [-0.2, 0) is 0 Å². The number of rotatable bonds is 3. The van der Waals surface area contributed by atoms with Gasteiger partial charge in [0.2, 0.25) is 0 Å². The first-order chi connectivity index (χ1) is 6.16. The zero-order valence-electron chi connectivity index (χ0n) is 8.62. The molecule has 0 bridgehead atoms. The molecule has 0 spiro atoms. The fraction of sp³-hybridized carbons (Fsp3) is 0.364. The summed E-state index contributed by atoms with van der Waals surface area (Å²) in [5.74, 6) is 0. The van der Waals surface area contributed by atoms with E-state index in [4.69, 9.17) is 0 Å². The van der Waals surface area contributed by atoms with E-state index in [2.05, 4.69) is 29.9 Å². The molecule has 2 heteroatoms. The molecule has 1 radical (unpaired) electrons. The summed E-state index contributed by atoms with van der Waals surface area (Å²) < 4.78 is 0. The minimum atomic E-state index is 0.958. The van der Waals surface area contributed by atoms with Gasteiger partial charge in [-0.05, 0) is 25.5 Å². The first-order valence-corrected chi connectivity index (χ1v) is 4.52. The second-order valence-corrected chi connectivity index (χ2v) is 3.19.